The molecule has 0 bridgehead atoms. The fraction of sp³-hybridized carbons (Fsp3) is 0.0877. The van der Waals surface area contributed by atoms with E-state index in [-0.39, 0.29) is 5.41 Å². The summed E-state index contributed by atoms with van der Waals surface area (Å²) in [5.41, 5.74) is 14.3. The van der Waals surface area contributed by atoms with E-state index in [1.54, 1.807) is 0 Å². The summed E-state index contributed by atoms with van der Waals surface area (Å²) in [6.45, 7) is 0. The lowest BCUT2D eigenvalue weighted by Crippen LogP contribution is -2.24. The SMILES string of the molecule is C(=C(c1ccccc1)c1ccccc1)N(c1ccccc1)c1ccc(C2(c3ccc(N(C=C(c4ccccc4)c4ccccc4)c4ccccc4)cc3)CCCC2)cc1. The van der Waals surface area contributed by atoms with Crippen molar-refractivity contribution < 1.29 is 0 Å². The Hall–Kier alpha value is -7.16. The second-order valence-corrected chi connectivity index (χ2v) is 15.3. The maximum Gasteiger partial charge on any atom is 0.0455 e. The van der Waals surface area contributed by atoms with Crippen LogP contribution in [0, 0.1) is 0 Å². The molecule has 0 amide bonds. The molecule has 1 saturated carbocycles. The molecule has 0 aliphatic heterocycles. The molecular weight excluding hydrogens is 713 g/mol. The normalized spacial score (nSPS) is 12.9. The number of hydrogen-bond acceptors (Lipinski definition) is 2. The van der Waals surface area contributed by atoms with E-state index in [0.29, 0.717) is 0 Å². The smallest absolute Gasteiger partial charge is 0.0455 e. The number of anilines is 4. The molecule has 1 fully saturated rings. The summed E-state index contributed by atoms with van der Waals surface area (Å²) < 4.78 is 0. The van der Waals surface area contributed by atoms with Crippen molar-refractivity contribution in [2.24, 2.45) is 0 Å². The van der Waals surface area contributed by atoms with Crippen LogP contribution in [0.3, 0.4) is 0 Å². The van der Waals surface area contributed by atoms with Gasteiger partial charge >= 0.3 is 0 Å². The van der Waals surface area contributed by atoms with Gasteiger partial charge in [0.2, 0.25) is 0 Å². The van der Waals surface area contributed by atoms with Gasteiger partial charge in [0.15, 0.2) is 0 Å². The minimum absolute atomic E-state index is 0.0453. The fourth-order valence-electron chi connectivity index (χ4n) is 8.74. The Morgan fingerprint density at radius 2 is 0.559 bits per heavy atom. The Bertz CT molecular complexity index is 2330. The van der Waals surface area contributed by atoms with E-state index in [4.69, 9.17) is 0 Å². The van der Waals surface area contributed by atoms with Crippen molar-refractivity contribution in [1.29, 1.82) is 0 Å². The first-order valence-electron chi connectivity index (χ1n) is 20.8. The van der Waals surface area contributed by atoms with E-state index in [0.717, 1.165) is 35.6 Å². The second-order valence-electron chi connectivity index (χ2n) is 15.3. The van der Waals surface area contributed by atoms with Gasteiger partial charge in [0, 0.05) is 51.7 Å². The Balaban J connectivity index is 1.08. The van der Waals surface area contributed by atoms with Crippen molar-refractivity contribution in [1.82, 2.24) is 0 Å². The molecule has 2 heteroatoms. The first-order valence-corrected chi connectivity index (χ1v) is 20.8. The van der Waals surface area contributed by atoms with E-state index in [2.05, 4.69) is 253 Å². The van der Waals surface area contributed by atoms with Gasteiger partial charge in [-0.3, -0.25) is 0 Å². The van der Waals surface area contributed by atoms with E-state index in [9.17, 15) is 0 Å². The van der Waals surface area contributed by atoms with Crippen molar-refractivity contribution in [2.75, 3.05) is 9.80 Å². The first kappa shape index (κ1) is 37.4. The van der Waals surface area contributed by atoms with Crippen LogP contribution >= 0.6 is 0 Å². The lowest BCUT2D eigenvalue weighted by molar-refractivity contribution is 0.535. The van der Waals surface area contributed by atoms with Crippen LogP contribution in [-0.4, -0.2) is 0 Å². The van der Waals surface area contributed by atoms with Crippen LogP contribution in [-0.2, 0) is 5.41 Å². The van der Waals surface area contributed by atoms with Crippen molar-refractivity contribution >= 4 is 33.9 Å². The lowest BCUT2D eigenvalue weighted by Gasteiger charge is -2.32. The van der Waals surface area contributed by atoms with E-state index in [1.165, 1.54) is 57.4 Å². The van der Waals surface area contributed by atoms with E-state index in [1.807, 2.05) is 0 Å². The minimum Gasteiger partial charge on any atom is -0.317 e. The molecule has 286 valence electrons. The summed E-state index contributed by atoms with van der Waals surface area (Å²) in [6, 6.07) is 83.0. The molecule has 2 nitrogen and oxygen atoms in total. The van der Waals surface area contributed by atoms with Crippen molar-refractivity contribution in [3.63, 3.8) is 0 Å². The molecule has 59 heavy (non-hydrogen) atoms. The largest absolute Gasteiger partial charge is 0.317 e. The van der Waals surface area contributed by atoms with Crippen molar-refractivity contribution in [3.8, 4) is 0 Å². The van der Waals surface area contributed by atoms with Crippen LogP contribution in [0.15, 0.2) is 243 Å². The van der Waals surface area contributed by atoms with Gasteiger partial charge in [-0.15, -0.1) is 0 Å². The van der Waals surface area contributed by atoms with Gasteiger partial charge < -0.3 is 9.80 Å². The Labute approximate surface area is 349 Å². The summed E-state index contributed by atoms with van der Waals surface area (Å²) in [5.74, 6) is 0. The summed E-state index contributed by atoms with van der Waals surface area (Å²) in [7, 11) is 0. The van der Waals surface area contributed by atoms with Gasteiger partial charge in [-0.2, -0.15) is 0 Å². The van der Waals surface area contributed by atoms with Crippen molar-refractivity contribution in [2.45, 2.75) is 31.1 Å². The standard InChI is InChI=1S/C57H48N2/c1-7-21-45(22-8-1)55(46-23-9-2-10-24-46)43-58(51-29-15-5-16-30-51)53-37-33-49(34-38-53)57(41-19-20-42-57)50-35-39-54(40-36-50)59(52-31-17-6-18-32-52)44-56(47-25-11-3-12-26-47)48-27-13-4-14-28-48/h1-18,21-40,43-44H,19-20,41-42H2. The Morgan fingerprint density at radius 3 is 0.847 bits per heavy atom. The quantitative estimate of drug-likeness (QED) is 0.122. The summed E-state index contributed by atoms with van der Waals surface area (Å²) in [6.07, 6.45) is 9.30. The highest BCUT2D eigenvalue weighted by Crippen LogP contribution is 2.48. The second kappa shape index (κ2) is 17.5. The van der Waals surface area contributed by atoms with Crippen LogP contribution < -0.4 is 9.80 Å². The zero-order valence-corrected chi connectivity index (χ0v) is 33.3. The zero-order chi connectivity index (χ0) is 39.7. The third-order valence-corrected chi connectivity index (χ3v) is 11.8. The molecule has 1 aliphatic carbocycles. The van der Waals surface area contributed by atoms with Crippen LogP contribution in [0.4, 0.5) is 22.7 Å². The molecule has 0 spiro atoms. The first-order chi connectivity index (χ1) is 29.2. The van der Waals surface area contributed by atoms with E-state index >= 15 is 0 Å². The van der Waals surface area contributed by atoms with E-state index < -0.39 is 0 Å². The molecule has 1 aliphatic rings. The highest BCUT2D eigenvalue weighted by atomic mass is 15.1. The molecule has 0 atom stereocenters. The van der Waals surface area contributed by atoms with Crippen LogP contribution in [0.5, 0.6) is 0 Å². The highest BCUT2D eigenvalue weighted by molar-refractivity contribution is 5.85. The number of rotatable bonds is 12. The third kappa shape index (κ3) is 8.17. The maximum absolute atomic E-state index is 2.38. The van der Waals surface area contributed by atoms with Gasteiger partial charge in [-0.05, 0) is 94.8 Å². The van der Waals surface area contributed by atoms with Gasteiger partial charge in [-0.1, -0.05) is 195 Å². The van der Waals surface area contributed by atoms with Crippen LogP contribution in [0.1, 0.15) is 59.1 Å². The highest BCUT2D eigenvalue weighted by Gasteiger charge is 2.37. The Morgan fingerprint density at radius 1 is 0.305 bits per heavy atom. The number of benzene rings is 8. The fourth-order valence-corrected chi connectivity index (χ4v) is 8.74. The molecular formula is C57H48N2. The Kier molecular flexibility index (Phi) is 11.1. The molecule has 0 saturated heterocycles. The number of nitrogens with zero attached hydrogens (tertiary/aromatic N) is 2. The predicted molar refractivity (Wildman–Crippen MR) is 249 cm³/mol. The molecule has 0 unspecified atom stereocenters. The average molecular weight is 761 g/mol. The number of hydrogen-bond donors (Lipinski definition) is 0. The maximum atomic E-state index is 2.38. The van der Waals surface area contributed by atoms with Gasteiger partial charge in [0.1, 0.15) is 0 Å². The summed E-state index contributed by atoms with van der Waals surface area (Å²) >= 11 is 0. The van der Waals surface area contributed by atoms with Gasteiger partial charge in [0.05, 0.1) is 0 Å². The number of para-hydroxylation sites is 2. The van der Waals surface area contributed by atoms with Crippen LogP contribution in [0.2, 0.25) is 0 Å². The molecule has 0 N–H and O–H groups in total. The van der Waals surface area contributed by atoms with Crippen molar-refractivity contribution in [3.05, 3.63) is 276 Å². The third-order valence-electron chi connectivity index (χ3n) is 11.8. The zero-order valence-electron chi connectivity index (χ0n) is 33.3. The topological polar surface area (TPSA) is 6.48 Å². The van der Waals surface area contributed by atoms with Gasteiger partial charge in [0.25, 0.3) is 0 Å². The minimum atomic E-state index is -0.0453. The molecule has 0 aromatic heterocycles. The molecule has 0 heterocycles. The molecule has 9 rings (SSSR count). The molecule has 0 radical (unpaired) electrons. The monoisotopic (exact) mass is 760 g/mol. The summed E-state index contributed by atoms with van der Waals surface area (Å²) in [5, 5.41) is 0. The van der Waals surface area contributed by atoms with Gasteiger partial charge in [-0.25, -0.2) is 0 Å². The molecule has 8 aromatic carbocycles. The predicted octanol–water partition coefficient (Wildman–Crippen LogP) is 15.0. The lowest BCUT2D eigenvalue weighted by atomic mass is 9.73. The average Bonchev–Trinajstić information content (AvgIpc) is 3.83. The summed E-state index contributed by atoms with van der Waals surface area (Å²) in [4.78, 5) is 4.67. The molecule has 8 aromatic rings. The van der Waals surface area contributed by atoms with Crippen LogP contribution in [0.25, 0.3) is 11.1 Å².